The van der Waals surface area contributed by atoms with Gasteiger partial charge >= 0.3 is 0 Å². The Kier molecular flexibility index (Phi) is 6.24. The van der Waals surface area contributed by atoms with Crippen molar-refractivity contribution in [3.8, 4) is 0 Å². The van der Waals surface area contributed by atoms with Crippen molar-refractivity contribution >= 4 is 27.5 Å². The summed E-state index contributed by atoms with van der Waals surface area (Å²) < 4.78 is 1.06. The summed E-state index contributed by atoms with van der Waals surface area (Å²) >= 11 is 9.75. The molecule has 0 spiro atoms. The van der Waals surface area contributed by atoms with Crippen LogP contribution in [0.25, 0.3) is 0 Å². The minimum absolute atomic E-state index is 0.293. The zero-order valence-electron chi connectivity index (χ0n) is 10.4. The molecule has 1 atom stereocenters. The molecule has 1 aromatic rings. The maximum absolute atomic E-state index is 6.26. The first-order valence-electron chi connectivity index (χ1n) is 5.87. The fraction of sp³-hybridized carbons (Fsp3) is 0.429. The maximum Gasteiger partial charge on any atom is 0.0454 e. The van der Waals surface area contributed by atoms with Crippen LogP contribution >= 0.6 is 27.5 Å². The summed E-state index contributed by atoms with van der Waals surface area (Å²) in [5.41, 5.74) is 2.36. The third-order valence-corrected chi connectivity index (χ3v) is 3.48. The van der Waals surface area contributed by atoms with Gasteiger partial charge in [0.1, 0.15) is 0 Å². The van der Waals surface area contributed by atoms with Gasteiger partial charge in [0, 0.05) is 15.5 Å². The van der Waals surface area contributed by atoms with Crippen LogP contribution in [0.15, 0.2) is 34.8 Å². The van der Waals surface area contributed by atoms with Crippen molar-refractivity contribution in [2.45, 2.75) is 32.7 Å². The van der Waals surface area contributed by atoms with Gasteiger partial charge in [-0.15, -0.1) is 6.58 Å². The van der Waals surface area contributed by atoms with Crippen LogP contribution in [0.5, 0.6) is 0 Å². The molecule has 0 aliphatic rings. The lowest BCUT2D eigenvalue weighted by atomic mass is 10.00. The molecule has 0 aliphatic carbocycles. The summed E-state index contributed by atoms with van der Waals surface area (Å²) in [7, 11) is 0. The molecule has 94 valence electrons. The van der Waals surface area contributed by atoms with Crippen molar-refractivity contribution < 1.29 is 0 Å². The highest BCUT2D eigenvalue weighted by atomic mass is 79.9. The zero-order valence-corrected chi connectivity index (χ0v) is 12.7. The van der Waals surface area contributed by atoms with E-state index in [9.17, 15) is 0 Å². The van der Waals surface area contributed by atoms with Gasteiger partial charge in [0.2, 0.25) is 0 Å². The zero-order chi connectivity index (χ0) is 12.8. The molecule has 0 aromatic heterocycles. The average Bonchev–Trinajstić information content (AvgIpc) is 2.27. The number of benzene rings is 1. The van der Waals surface area contributed by atoms with Crippen molar-refractivity contribution in [3.63, 3.8) is 0 Å². The van der Waals surface area contributed by atoms with Crippen LogP contribution < -0.4 is 5.32 Å². The van der Waals surface area contributed by atoms with Crippen molar-refractivity contribution in [2.24, 2.45) is 0 Å². The molecule has 0 heterocycles. The molecule has 17 heavy (non-hydrogen) atoms. The maximum atomic E-state index is 6.26. The van der Waals surface area contributed by atoms with E-state index in [1.54, 1.807) is 0 Å². The topological polar surface area (TPSA) is 12.0 Å². The molecular formula is C14H19BrClN. The molecule has 0 saturated heterocycles. The van der Waals surface area contributed by atoms with E-state index < -0.39 is 0 Å². The van der Waals surface area contributed by atoms with Crippen LogP contribution in [0, 0.1) is 0 Å². The predicted molar refractivity (Wildman–Crippen MR) is 79.6 cm³/mol. The number of allylic oxidation sites excluding steroid dienone is 1. The number of nitrogens with one attached hydrogen (secondary N) is 1. The molecule has 0 bridgehead atoms. The van der Waals surface area contributed by atoms with Gasteiger partial charge in [-0.3, -0.25) is 0 Å². The van der Waals surface area contributed by atoms with E-state index in [0.29, 0.717) is 6.04 Å². The third kappa shape index (κ3) is 4.82. The van der Waals surface area contributed by atoms with Crippen LogP contribution in [-0.2, 0) is 0 Å². The quantitative estimate of drug-likeness (QED) is 0.719. The van der Waals surface area contributed by atoms with Gasteiger partial charge in [0.05, 0.1) is 0 Å². The van der Waals surface area contributed by atoms with E-state index in [0.717, 1.165) is 34.4 Å². The average molecular weight is 317 g/mol. The number of rotatable bonds is 6. The van der Waals surface area contributed by atoms with Crippen LogP contribution in [0.1, 0.15) is 38.3 Å². The van der Waals surface area contributed by atoms with Crippen molar-refractivity contribution in [1.82, 2.24) is 5.32 Å². The monoisotopic (exact) mass is 315 g/mol. The third-order valence-electron chi connectivity index (χ3n) is 2.64. The summed E-state index contributed by atoms with van der Waals surface area (Å²) in [4.78, 5) is 0. The summed E-state index contributed by atoms with van der Waals surface area (Å²) in [6.07, 6.45) is 2.04. The Morgan fingerprint density at radius 2 is 2.24 bits per heavy atom. The van der Waals surface area contributed by atoms with E-state index in [4.69, 9.17) is 11.6 Å². The Bertz CT molecular complexity index is 390. The summed E-state index contributed by atoms with van der Waals surface area (Å²) in [6.45, 7) is 9.06. The molecule has 0 saturated carbocycles. The van der Waals surface area contributed by atoms with Crippen molar-refractivity contribution in [3.05, 3.63) is 45.4 Å². The molecule has 0 radical (unpaired) electrons. The van der Waals surface area contributed by atoms with Crippen LogP contribution in [0.4, 0.5) is 0 Å². The van der Waals surface area contributed by atoms with E-state index in [1.165, 1.54) is 5.57 Å². The molecule has 1 aromatic carbocycles. The Morgan fingerprint density at radius 3 is 2.82 bits per heavy atom. The van der Waals surface area contributed by atoms with Gasteiger partial charge in [0.15, 0.2) is 0 Å². The van der Waals surface area contributed by atoms with Crippen LogP contribution in [0.3, 0.4) is 0 Å². The van der Waals surface area contributed by atoms with E-state index in [-0.39, 0.29) is 0 Å². The molecule has 1 unspecified atom stereocenters. The Balaban J connectivity index is 2.87. The smallest absolute Gasteiger partial charge is 0.0454 e. The highest BCUT2D eigenvalue weighted by molar-refractivity contribution is 9.10. The minimum Gasteiger partial charge on any atom is -0.310 e. The van der Waals surface area contributed by atoms with Gasteiger partial charge in [-0.25, -0.2) is 0 Å². The molecule has 0 amide bonds. The lowest BCUT2D eigenvalue weighted by Crippen LogP contribution is -2.21. The van der Waals surface area contributed by atoms with Crippen molar-refractivity contribution in [2.75, 3.05) is 6.54 Å². The highest BCUT2D eigenvalue weighted by Gasteiger charge is 2.13. The molecule has 1 rings (SSSR count). The number of hydrogen-bond donors (Lipinski definition) is 1. The van der Waals surface area contributed by atoms with Gasteiger partial charge < -0.3 is 5.32 Å². The van der Waals surface area contributed by atoms with Gasteiger partial charge in [-0.2, -0.15) is 0 Å². The first kappa shape index (κ1) is 14.7. The summed E-state index contributed by atoms with van der Waals surface area (Å²) in [5, 5.41) is 4.30. The second kappa shape index (κ2) is 7.20. The second-order valence-electron chi connectivity index (χ2n) is 4.27. The molecule has 0 fully saturated rings. The Hall–Kier alpha value is -0.310. The van der Waals surface area contributed by atoms with Crippen LogP contribution in [0.2, 0.25) is 5.02 Å². The fourth-order valence-electron chi connectivity index (χ4n) is 1.79. The Labute approximate surface area is 117 Å². The minimum atomic E-state index is 0.293. The van der Waals surface area contributed by atoms with Crippen molar-refractivity contribution in [1.29, 1.82) is 0 Å². The normalized spacial score (nSPS) is 12.5. The first-order chi connectivity index (χ1) is 8.04. The largest absolute Gasteiger partial charge is 0.310 e. The Morgan fingerprint density at radius 1 is 1.53 bits per heavy atom. The van der Waals surface area contributed by atoms with Gasteiger partial charge in [0.25, 0.3) is 0 Å². The van der Waals surface area contributed by atoms with E-state index >= 15 is 0 Å². The fourth-order valence-corrected chi connectivity index (χ4v) is 2.41. The summed E-state index contributed by atoms with van der Waals surface area (Å²) in [6, 6.07) is 6.29. The number of halogens is 2. The molecule has 0 aliphatic heterocycles. The highest BCUT2D eigenvalue weighted by Crippen LogP contribution is 2.29. The predicted octanol–water partition coefficient (Wildman–Crippen LogP) is 5.11. The van der Waals surface area contributed by atoms with Gasteiger partial charge in [-0.05, 0) is 50.1 Å². The van der Waals surface area contributed by atoms with Gasteiger partial charge in [-0.1, -0.05) is 40.0 Å². The lowest BCUT2D eigenvalue weighted by molar-refractivity contribution is 0.514. The molecule has 1 nitrogen and oxygen atoms in total. The first-order valence-corrected chi connectivity index (χ1v) is 7.04. The second-order valence-corrected chi connectivity index (χ2v) is 5.59. The summed E-state index contributed by atoms with van der Waals surface area (Å²) in [5.74, 6) is 0. The van der Waals surface area contributed by atoms with E-state index in [2.05, 4.69) is 47.7 Å². The molecular weight excluding hydrogens is 298 g/mol. The van der Waals surface area contributed by atoms with Crippen LogP contribution in [-0.4, -0.2) is 6.54 Å². The van der Waals surface area contributed by atoms with E-state index in [1.807, 2.05) is 12.1 Å². The molecule has 3 heteroatoms. The standard InChI is InChI=1S/C14H19BrClN/c1-4-17-14(8-5-10(2)3)12-9-11(15)6-7-13(12)16/h6-7,9,14,17H,2,4-5,8H2,1,3H3. The lowest BCUT2D eigenvalue weighted by Gasteiger charge is -2.20. The molecule has 1 N–H and O–H groups in total. The number of hydrogen-bond acceptors (Lipinski definition) is 1. The SMILES string of the molecule is C=C(C)CCC(NCC)c1cc(Br)ccc1Cl.